The molecule has 0 aliphatic carbocycles. The van der Waals surface area contributed by atoms with Crippen molar-refractivity contribution in [3.63, 3.8) is 0 Å². The molecule has 1 aromatic rings. The maximum Gasteiger partial charge on any atom is 0.242 e. The minimum atomic E-state index is -3.54. The lowest BCUT2D eigenvalue weighted by atomic mass is 10.2. The van der Waals surface area contributed by atoms with Crippen LogP contribution in [-0.4, -0.2) is 38.8 Å². The van der Waals surface area contributed by atoms with Crippen molar-refractivity contribution < 1.29 is 13.2 Å². The summed E-state index contributed by atoms with van der Waals surface area (Å²) in [7, 11) is -0.610. The molecule has 1 atom stereocenters. The number of carbonyl (C=O) groups is 1. The van der Waals surface area contributed by atoms with Gasteiger partial charge in [-0.15, -0.1) is 12.4 Å². The first-order valence-corrected chi connectivity index (χ1v) is 7.73. The zero-order chi connectivity index (χ0) is 15.5. The standard InChI is InChI=1S/C13H21N3O3S.ClH/c1-5-11(14)13(17)15-10-7-6-9(2)12(8-10)20(18,19)16(3)4;/h6-8,11H,5,14H2,1-4H3,(H,15,17);1H/t11-;/m0./s1. The Bertz CT molecular complexity index is 603. The number of hydrogen-bond acceptors (Lipinski definition) is 4. The minimum Gasteiger partial charge on any atom is -0.325 e. The number of carbonyl (C=O) groups excluding carboxylic acids is 1. The monoisotopic (exact) mass is 335 g/mol. The molecule has 0 saturated heterocycles. The molecule has 1 rings (SSSR count). The van der Waals surface area contributed by atoms with Gasteiger partial charge in [0.2, 0.25) is 15.9 Å². The van der Waals surface area contributed by atoms with Gasteiger partial charge in [-0.2, -0.15) is 0 Å². The highest BCUT2D eigenvalue weighted by atomic mass is 35.5. The second kappa shape index (κ2) is 7.74. The Labute approximate surface area is 132 Å². The lowest BCUT2D eigenvalue weighted by molar-refractivity contribution is -0.117. The molecule has 6 nitrogen and oxygen atoms in total. The van der Waals surface area contributed by atoms with Gasteiger partial charge >= 0.3 is 0 Å². The summed E-state index contributed by atoms with van der Waals surface area (Å²) >= 11 is 0. The third kappa shape index (κ3) is 4.67. The molecule has 0 radical (unpaired) electrons. The van der Waals surface area contributed by atoms with Crippen molar-refractivity contribution in [2.24, 2.45) is 5.73 Å². The van der Waals surface area contributed by atoms with Crippen molar-refractivity contribution >= 4 is 34.0 Å². The smallest absolute Gasteiger partial charge is 0.242 e. The predicted molar refractivity (Wildman–Crippen MR) is 86.2 cm³/mol. The molecule has 0 fully saturated rings. The number of halogens is 1. The van der Waals surface area contributed by atoms with Gasteiger partial charge in [-0.25, -0.2) is 12.7 Å². The van der Waals surface area contributed by atoms with Crippen LogP contribution in [0.25, 0.3) is 0 Å². The molecule has 0 spiro atoms. The zero-order valence-electron chi connectivity index (χ0n) is 12.6. The van der Waals surface area contributed by atoms with E-state index in [4.69, 9.17) is 5.73 Å². The van der Waals surface area contributed by atoms with Gasteiger partial charge in [0.05, 0.1) is 10.9 Å². The summed E-state index contributed by atoms with van der Waals surface area (Å²) in [5.74, 6) is -0.329. The van der Waals surface area contributed by atoms with Crippen molar-refractivity contribution in [1.82, 2.24) is 4.31 Å². The Balaban J connectivity index is 0.00000400. The van der Waals surface area contributed by atoms with Gasteiger partial charge in [-0.05, 0) is 31.0 Å². The first-order valence-electron chi connectivity index (χ1n) is 6.29. The Hall–Kier alpha value is -1.15. The van der Waals surface area contributed by atoms with Crippen LogP contribution in [-0.2, 0) is 14.8 Å². The summed E-state index contributed by atoms with van der Waals surface area (Å²) in [5, 5.41) is 2.62. The van der Waals surface area contributed by atoms with Crippen LogP contribution >= 0.6 is 12.4 Å². The van der Waals surface area contributed by atoms with Crippen molar-refractivity contribution in [2.45, 2.75) is 31.2 Å². The summed E-state index contributed by atoms with van der Waals surface area (Å²) in [4.78, 5) is 11.9. The molecule has 0 aromatic heterocycles. The zero-order valence-corrected chi connectivity index (χ0v) is 14.2. The first kappa shape index (κ1) is 19.9. The fourth-order valence-corrected chi connectivity index (χ4v) is 2.72. The summed E-state index contributed by atoms with van der Waals surface area (Å²) in [5.41, 5.74) is 6.67. The van der Waals surface area contributed by atoms with Gasteiger partial charge in [-0.3, -0.25) is 4.79 Å². The molecule has 0 aliphatic heterocycles. The molecule has 0 saturated carbocycles. The molecular weight excluding hydrogens is 314 g/mol. The van der Waals surface area contributed by atoms with E-state index in [-0.39, 0.29) is 23.2 Å². The van der Waals surface area contributed by atoms with Gasteiger partial charge in [0.25, 0.3) is 0 Å². The highest BCUT2D eigenvalue weighted by molar-refractivity contribution is 7.89. The summed E-state index contributed by atoms with van der Waals surface area (Å²) in [6.07, 6.45) is 0.514. The predicted octanol–water partition coefficient (Wildman–Crippen LogP) is 1.34. The van der Waals surface area contributed by atoms with E-state index in [0.29, 0.717) is 17.7 Å². The Kier molecular flexibility index (Phi) is 7.32. The van der Waals surface area contributed by atoms with Crippen LogP contribution in [0.3, 0.4) is 0 Å². The normalized spacial score (nSPS) is 12.7. The molecule has 0 heterocycles. The lowest BCUT2D eigenvalue weighted by Gasteiger charge is -2.16. The number of rotatable bonds is 5. The minimum absolute atomic E-state index is 0. The quantitative estimate of drug-likeness (QED) is 0.849. The third-order valence-electron chi connectivity index (χ3n) is 2.99. The van der Waals surface area contributed by atoms with E-state index >= 15 is 0 Å². The van der Waals surface area contributed by atoms with E-state index in [9.17, 15) is 13.2 Å². The number of amides is 1. The molecule has 1 aromatic carbocycles. The maximum absolute atomic E-state index is 12.2. The molecule has 0 unspecified atom stereocenters. The van der Waals surface area contributed by atoms with E-state index < -0.39 is 16.1 Å². The van der Waals surface area contributed by atoms with Gasteiger partial charge in [0.1, 0.15) is 0 Å². The number of hydrogen-bond donors (Lipinski definition) is 2. The third-order valence-corrected chi connectivity index (χ3v) is 4.95. The van der Waals surface area contributed by atoms with Gasteiger partial charge in [-0.1, -0.05) is 13.0 Å². The number of benzene rings is 1. The molecular formula is C13H22ClN3O3S. The van der Waals surface area contributed by atoms with Crippen LogP contribution < -0.4 is 11.1 Å². The fraction of sp³-hybridized carbons (Fsp3) is 0.462. The van der Waals surface area contributed by atoms with Crippen molar-refractivity contribution in [1.29, 1.82) is 0 Å². The van der Waals surface area contributed by atoms with Crippen LogP contribution in [0.1, 0.15) is 18.9 Å². The Morgan fingerprint density at radius 3 is 2.43 bits per heavy atom. The molecule has 1 amide bonds. The largest absolute Gasteiger partial charge is 0.325 e. The van der Waals surface area contributed by atoms with E-state index in [1.807, 2.05) is 0 Å². The average Bonchev–Trinajstić information content (AvgIpc) is 2.39. The number of aryl methyl sites for hydroxylation is 1. The molecule has 0 bridgehead atoms. The molecule has 8 heteroatoms. The van der Waals surface area contributed by atoms with Gasteiger partial charge < -0.3 is 11.1 Å². The van der Waals surface area contributed by atoms with Crippen LogP contribution in [0.5, 0.6) is 0 Å². The Morgan fingerprint density at radius 1 is 1.38 bits per heavy atom. The molecule has 0 aliphatic rings. The number of sulfonamides is 1. The average molecular weight is 336 g/mol. The Morgan fingerprint density at radius 2 is 1.95 bits per heavy atom. The highest BCUT2D eigenvalue weighted by Gasteiger charge is 2.20. The maximum atomic E-state index is 12.2. The molecule has 120 valence electrons. The van der Waals surface area contributed by atoms with Crippen LogP contribution in [0.4, 0.5) is 5.69 Å². The van der Waals surface area contributed by atoms with Crippen molar-refractivity contribution in [3.8, 4) is 0 Å². The second-order valence-electron chi connectivity index (χ2n) is 4.77. The van der Waals surface area contributed by atoms with Crippen LogP contribution in [0.15, 0.2) is 23.1 Å². The van der Waals surface area contributed by atoms with Crippen LogP contribution in [0, 0.1) is 6.92 Å². The molecule has 3 N–H and O–H groups in total. The number of nitrogens with zero attached hydrogens (tertiary/aromatic N) is 1. The topological polar surface area (TPSA) is 92.5 Å². The van der Waals surface area contributed by atoms with Gasteiger partial charge in [0, 0.05) is 19.8 Å². The second-order valence-corrected chi connectivity index (χ2v) is 6.89. The number of nitrogens with one attached hydrogen (secondary N) is 1. The fourth-order valence-electron chi connectivity index (χ4n) is 1.57. The van der Waals surface area contributed by atoms with E-state index in [0.717, 1.165) is 4.31 Å². The van der Waals surface area contributed by atoms with Gasteiger partial charge in [0.15, 0.2) is 0 Å². The van der Waals surface area contributed by atoms with E-state index in [2.05, 4.69) is 5.32 Å². The number of anilines is 1. The summed E-state index contributed by atoms with van der Waals surface area (Å²) in [6, 6.07) is 4.16. The van der Waals surface area contributed by atoms with Crippen molar-refractivity contribution in [2.75, 3.05) is 19.4 Å². The lowest BCUT2D eigenvalue weighted by Crippen LogP contribution is -2.34. The summed E-state index contributed by atoms with van der Waals surface area (Å²) < 4.78 is 25.5. The van der Waals surface area contributed by atoms with Crippen LogP contribution in [0.2, 0.25) is 0 Å². The first-order chi connectivity index (χ1) is 9.20. The van der Waals surface area contributed by atoms with Crippen molar-refractivity contribution in [3.05, 3.63) is 23.8 Å². The number of nitrogens with two attached hydrogens (primary N) is 1. The van der Waals surface area contributed by atoms with E-state index in [1.165, 1.54) is 20.2 Å². The summed E-state index contributed by atoms with van der Waals surface area (Å²) in [6.45, 7) is 3.51. The SMILES string of the molecule is CC[C@H](N)C(=O)Nc1ccc(C)c(S(=O)(=O)N(C)C)c1.Cl. The molecule has 21 heavy (non-hydrogen) atoms. The van der Waals surface area contributed by atoms with E-state index in [1.54, 1.807) is 26.0 Å². The highest BCUT2D eigenvalue weighted by Crippen LogP contribution is 2.22.